The lowest BCUT2D eigenvalue weighted by Gasteiger charge is -2.25. The molecule has 0 bridgehead atoms. The molecule has 0 N–H and O–H groups in total. The zero-order chi connectivity index (χ0) is 17.9. The molecular weight excluding hydrogens is 332 g/mol. The number of amides is 1. The monoisotopic (exact) mass is 350 g/mol. The van der Waals surface area contributed by atoms with Crippen molar-refractivity contribution in [3.63, 3.8) is 0 Å². The number of carbonyl (C=O) groups excluding carboxylic acids is 1. The SMILES string of the molecule is Cc1ncc(C(=O)N2CCc3nc(COc4ccccc4)oc3C2)cn1. The Labute approximate surface area is 150 Å². The summed E-state index contributed by atoms with van der Waals surface area (Å²) in [6.45, 7) is 3.03. The molecule has 1 aromatic carbocycles. The summed E-state index contributed by atoms with van der Waals surface area (Å²) in [6, 6.07) is 9.52. The quantitative estimate of drug-likeness (QED) is 0.719. The Balaban J connectivity index is 1.43. The van der Waals surface area contributed by atoms with Gasteiger partial charge in [-0.05, 0) is 19.1 Å². The Morgan fingerprint density at radius 2 is 2.00 bits per heavy atom. The summed E-state index contributed by atoms with van der Waals surface area (Å²) in [5.74, 6) is 2.53. The molecule has 1 amide bonds. The number of aryl methyl sites for hydroxylation is 1. The summed E-state index contributed by atoms with van der Waals surface area (Å²) in [4.78, 5) is 27.0. The third-order valence-corrected chi connectivity index (χ3v) is 4.20. The van der Waals surface area contributed by atoms with Crippen molar-refractivity contribution in [2.45, 2.75) is 26.5 Å². The molecule has 0 saturated heterocycles. The third kappa shape index (κ3) is 3.42. The zero-order valence-electron chi connectivity index (χ0n) is 14.4. The van der Waals surface area contributed by atoms with Gasteiger partial charge in [-0.2, -0.15) is 0 Å². The van der Waals surface area contributed by atoms with Gasteiger partial charge in [0.1, 0.15) is 17.3 Å². The molecule has 2 aromatic heterocycles. The van der Waals surface area contributed by atoms with Crippen LogP contribution in [0.2, 0.25) is 0 Å². The lowest BCUT2D eigenvalue weighted by atomic mass is 10.1. The molecule has 7 heteroatoms. The van der Waals surface area contributed by atoms with Crippen LogP contribution in [0, 0.1) is 6.92 Å². The van der Waals surface area contributed by atoms with Crippen LogP contribution >= 0.6 is 0 Å². The summed E-state index contributed by atoms with van der Waals surface area (Å²) >= 11 is 0. The molecule has 0 aliphatic carbocycles. The van der Waals surface area contributed by atoms with Crippen molar-refractivity contribution in [1.29, 1.82) is 0 Å². The van der Waals surface area contributed by atoms with E-state index < -0.39 is 0 Å². The van der Waals surface area contributed by atoms with Gasteiger partial charge in [0.15, 0.2) is 6.61 Å². The van der Waals surface area contributed by atoms with Crippen LogP contribution in [0.5, 0.6) is 5.75 Å². The molecular formula is C19H18N4O3. The first-order valence-electron chi connectivity index (χ1n) is 8.42. The highest BCUT2D eigenvalue weighted by Crippen LogP contribution is 2.22. The van der Waals surface area contributed by atoms with Gasteiger partial charge in [-0.15, -0.1) is 0 Å². The second-order valence-electron chi connectivity index (χ2n) is 6.07. The number of rotatable bonds is 4. The Morgan fingerprint density at radius 3 is 2.77 bits per heavy atom. The number of oxazole rings is 1. The lowest BCUT2D eigenvalue weighted by molar-refractivity contribution is 0.0717. The van der Waals surface area contributed by atoms with E-state index in [1.807, 2.05) is 30.3 Å². The van der Waals surface area contributed by atoms with E-state index >= 15 is 0 Å². The van der Waals surface area contributed by atoms with Crippen molar-refractivity contribution in [3.05, 3.63) is 71.5 Å². The fraction of sp³-hybridized carbons (Fsp3) is 0.263. The molecule has 7 nitrogen and oxygen atoms in total. The average Bonchev–Trinajstić information content (AvgIpc) is 3.09. The molecule has 3 aromatic rings. The minimum Gasteiger partial charge on any atom is -0.484 e. The summed E-state index contributed by atoms with van der Waals surface area (Å²) in [5.41, 5.74) is 1.37. The van der Waals surface area contributed by atoms with Crippen LogP contribution < -0.4 is 4.74 Å². The van der Waals surface area contributed by atoms with Gasteiger partial charge in [-0.1, -0.05) is 18.2 Å². The van der Waals surface area contributed by atoms with Crippen LogP contribution in [-0.2, 0) is 19.6 Å². The van der Waals surface area contributed by atoms with Crippen LogP contribution in [0.25, 0.3) is 0 Å². The standard InChI is InChI=1S/C19H18N4O3/c1-13-20-9-14(10-21-13)19(24)23-8-7-16-17(11-23)26-18(22-16)12-25-15-5-3-2-4-6-15/h2-6,9-10H,7-8,11-12H2,1H3. The first kappa shape index (κ1) is 16.3. The van der Waals surface area contributed by atoms with E-state index in [0.29, 0.717) is 42.5 Å². The largest absolute Gasteiger partial charge is 0.484 e. The highest BCUT2D eigenvalue weighted by molar-refractivity contribution is 5.93. The number of hydrogen-bond donors (Lipinski definition) is 0. The molecule has 0 unspecified atom stereocenters. The Bertz CT molecular complexity index is 906. The molecule has 0 fully saturated rings. The van der Waals surface area contributed by atoms with E-state index in [4.69, 9.17) is 9.15 Å². The van der Waals surface area contributed by atoms with Gasteiger partial charge < -0.3 is 14.1 Å². The minimum atomic E-state index is -0.103. The van der Waals surface area contributed by atoms with Crippen LogP contribution in [0.4, 0.5) is 0 Å². The van der Waals surface area contributed by atoms with Crippen LogP contribution in [0.1, 0.15) is 33.5 Å². The van der Waals surface area contributed by atoms with Gasteiger partial charge in [0.05, 0.1) is 17.8 Å². The Hall–Kier alpha value is -3.22. The van der Waals surface area contributed by atoms with Gasteiger partial charge in [-0.25, -0.2) is 15.0 Å². The molecule has 1 aliphatic heterocycles. The normalized spacial score (nSPS) is 13.3. The molecule has 0 atom stereocenters. The van der Waals surface area contributed by atoms with E-state index in [1.54, 1.807) is 24.2 Å². The topological polar surface area (TPSA) is 81.4 Å². The van der Waals surface area contributed by atoms with Crippen molar-refractivity contribution in [1.82, 2.24) is 19.9 Å². The summed E-state index contributed by atoms with van der Waals surface area (Å²) < 4.78 is 11.5. The minimum absolute atomic E-state index is 0.103. The first-order valence-corrected chi connectivity index (χ1v) is 8.42. The predicted molar refractivity (Wildman–Crippen MR) is 92.5 cm³/mol. The van der Waals surface area contributed by atoms with Gasteiger partial charge >= 0.3 is 0 Å². The zero-order valence-corrected chi connectivity index (χ0v) is 14.4. The molecule has 0 spiro atoms. The Kier molecular flexibility index (Phi) is 4.35. The van der Waals surface area contributed by atoms with Gasteiger partial charge in [0, 0.05) is 25.4 Å². The Morgan fingerprint density at radius 1 is 1.23 bits per heavy atom. The van der Waals surface area contributed by atoms with E-state index in [1.165, 1.54) is 0 Å². The number of aromatic nitrogens is 3. The smallest absolute Gasteiger partial charge is 0.257 e. The summed E-state index contributed by atoms with van der Waals surface area (Å²) in [6.07, 6.45) is 3.77. The van der Waals surface area contributed by atoms with Crippen LogP contribution in [0.3, 0.4) is 0 Å². The second kappa shape index (κ2) is 6.95. The van der Waals surface area contributed by atoms with Crippen molar-refractivity contribution in [3.8, 4) is 5.75 Å². The third-order valence-electron chi connectivity index (χ3n) is 4.20. The highest BCUT2D eigenvalue weighted by atomic mass is 16.5. The number of fused-ring (bicyclic) bond motifs is 1. The molecule has 132 valence electrons. The summed E-state index contributed by atoms with van der Waals surface area (Å²) in [5, 5.41) is 0. The number of carbonyl (C=O) groups is 1. The number of hydrogen-bond acceptors (Lipinski definition) is 6. The van der Waals surface area contributed by atoms with E-state index in [9.17, 15) is 4.79 Å². The van der Waals surface area contributed by atoms with Crippen LogP contribution in [0.15, 0.2) is 47.1 Å². The van der Waals surface area contributed by atoms with Gasteiger partial charge in [0.2, 0.25) is 5.89 Å². The predicted octanol–water partition coefficient (Wildman–Crippen LogP) is 2.55. The molecule has 0 radical (unpaired) electrons. The van der Waals surface area contributed by atoms with Crippen molar-refractivity contribution < 1.29 is 13.9 Å². The molecule has 26 heavy (non-hydrogen) atoms. The summed E-state index contributed by atoms with van der Waals surface area (Å²) in [7, 11) is 0. The fourth-order valence-electron chi connectivity index (χ4n) is 2.83. The van der Waals surface area contributed by atoms with Crippen molar-refractivity contribution in [2.75, 3.05) is 6.54 Å². The maximum absolute atomic E-state index is 12.6. The van der Waals surface area contributed by atoms with Crippen molar-refractivity contribution in [2.24, 2.45) is 0 Å². The maximum Gasteiger partial charge on any atom is 0.257 e. The average molecular weight is 350 g/mol. The van der Waals surface area contributed by atoms with Gasteiger partial charge in [-0.3, -0.25) is 4.79 Å². The second-order valence-corrected chi connectivity index (χ2v) is 6.07. The molecule has 1 aliphatic rings. The molecule has 4 rings (SSSR count). The van der Waals surface area contributed by atoms with Crippen molar-refractivity contribution >= 4 is 5.91 Å². The lowest BCUT2D eigenvalue weighted by Crippen LogP contribution is -2.35. The number of para-hydroxylation sites is 1. The van der Waals surface area contributed by atoms with Crippen LogP contribution in [-0.4, -0.2) is 32.3 Å². The van der Waals surface area contributed by atoms with E-state index in [0.717, 1.165) is 11.4 Å². The van der Waals surface area contributed by atoms with E-state index in [-0.39, 0.29) is 12.5 Å². The maximum atomic E-state index is 12.6. The van der Waals surface area contributed by atoms with E-state index in [2.05, 4.69) is 15.0 Å². The number of nitrogens with zero attached hydrogens (tertiary/aromatic N) is 4. The fourth-order valence-corrected chi connectivity index (χ4v) is 2.83. The molecule has 3 heterocycles. The number of ether oxygens (including phenoxy) is 1. The highest BCUT2D eigenvalue weighted by Gasteiger charge is 2.26. The molecule has 0 saturated carbocycles. The van der Waals surface area contributed by atoms with Gasteiger partial charge in [0.25, 0.3) is 5.91 Å². The first-order chi connectivity index (χ1) is 12.7. The number of benzene rings is 1.